The maximum absolute atomic E-state index is 13.1. The van der Waals surface area contributed by atoms with Crippen LogP contribution in [0.25, 0.3) is 11.1 Å². The van der Waals surface area contributed by atoms with Crippen molar-refractivity contribution in [3.8, 4) is 11.1 Å². The Kier molecular flexibility index (Phi) is 4.50. The van der Waals surface area contributed by atoms with Gasteiger partial charge in [-0.2, -0.15) is 0 Å². The minimum absolute atomic E-state index is 0.0728. The average molecular weight is 427 g/mol. The van der Waals surface area contributed by atoms with Crippen LogP contribution in [-0.4, -0.2) is 53.6 Å². The fourth-order valence-electron chi connectivity index (χ4n) is 5.01. The highest BCUT2D eigenvalue weighted by atomic mass is 16.5. The van der Waals surface area contributed by atoms with E-state index in [9.17, 15) is 4.79 Å². The summed E-state index contributed by atoms with van der Waals surface area (Å²) in [5, 5.41) is 0. The molecular weight excluding hydrogens is 400 g/mol. The monoisotopic (exact) mass is 426 g/mol. The standard InChI is InChI=1S/C26H26N4O2/c1-18-4-2-3-5-21(18)20-15-27-25(28-16-20)30-17-26(8-9-26)22-7-6-19(14-23(22)30)24(31)29-10-12-32-13-11-29/h2-7,14-16H,8-13,17H2,1H3. The number of hydrogen-bond donors (Lipinski definition) is 0. The Morgan fingerprint density at radius 3 is 2.50 bits per heavy atom. The lowest BCUT2D eigenvalue weighted by atomic mass is 9.97. The molecule has 6 heteroatoms. The van der Waals surface area contributed by atoms with Gasteiger partial charge in [0.25, 0.3) is 5.91 Å². The summed E-state index contributed by atoms with van der Waals surface area (Å²) in [7, 11) is 0. The molecule has 0 radical (unpaired) electrons. The van der Waals surface area contributed by atoms with E-state index in [0.717, 1.165) is 28.9 Å². The molecule has 1 aliphatic carbocycles. The Morgan fingerprint density at radius 1 is 1.03 bits per heavy atom. The van der Waals surface area contributed by atoms with Gasteiger partial charge in [-0.25, -0.2) is 9.97 Å². The predicted octanol–water partition coefficient (Wildman–Crippen LogP) is 4.11. The Hall–Kier alpha value is -3.25. The van der Waals surface area contributed by atoms with Crippen LogP contribution in [0.2, 0.25) is 0 Å². The first-order valence-electron chi connectivity index (χ1n) is 11.3. The van der Waals surface area contributed by atoms with Crippen molar-refractivity contribution in [2.24, 2.45) is 0 Å². The fourth-order valence-corrected chi connectivity index (χ4v) is 5.01. The summed E-state index contributed by atoms with van der Waals surface area (Å²) in [5.74, 6) is 0.770. The molecule has 3 aliphatic rings. The highest BCUT2D eigenvalue weighted by Gasteiger charge is 2.52. The van der Waals surface area contributed by atoms with Crippen molar-refractivity contribution in [1.82, 2.24) is 14.9 Å². The van der Waals surface area contributed by atoms with Gasteiger partial charge >= 0.3 is 0 Å². The third-order valence-electron chi connectivity index (χ3n) is 7.06. The molecule has 0 unspecified atom stereocenters. The van der Waals surface area contributed by atoms with Crippen LogP contribution in [0.15, 0.2) is 54.9 Å². The van der Waals surface area contributed by atoms with Crippen molar-refractivity contribution >= 4 is 17.5 Å². The van der Waals surface area contributed by atoms with Crippen LogP contribution in [-0.2, 0) is 10.2 Å². The molecule has 6 rings (SSSR count). The fraction of sp³-hybridized carbons (Fsp3) is 0.346. The summed E-state index contributed by atoms with van der Waals surface area (Å²) in [4.78, 5) is 26.6. The Bertz CT molecular complexity index is 1180. The number of amides is 1. The average Bonchev–Trinajstić information content (AvgIpc) is 3.56. The molecular formula is C26H26N4O2. The van der Waals surface area contributed by atoms with Crippen molar-refractivity contribution in [2.45, 2.75) is 25.2 Å². The number of carbonyl (C=O) groups is 1. The summed E-state index contributed by atoms with van der Waals surface area (Å²) < 4.78 is 5.40. The number of ether oxygens (including phenoxy) is 1. The van der Waals surface area contributed by atoms with E-state index < -0.39 is 0 Å². The van der Waals surface area contributed by atoms with Gasteiger partial charge in [-0.05, 0) is 48.6 Å². The molecule has 1 amide bonds. The predicted molar refractivity (Wildman–Crippen MR) is 123 cm³/mol. The van der Waals surface area contributed by atoms with Gasteiger partial charge in [0.15, 0.2) is 0 Å². The van der Waals surface area contributed by atoms with Gasteiger partial charge in [0, 0.05) is 54.3 Å². The van der Waals surface area contributed by atoms with E-state index in [1.807, 2.05) is 41.6 Å². The maximum Gasteiger partial charge on any atom is 0.254 e. The number of aryl methyl sites for hydroxylation is 1. The molecule has 162 valence electrons. The van der Waals surface area contributed by atoms with E-state index in [-0.39, 0.29) is 11.3 Å². The Morgan fingerprint density at radius 2 is 1.78 bits per heavy atom. The smallest absolute Gasteiger partial charge is 0.254 e. The number of anilines is 2. The highest BCUT2D eigenvalue weighted by molar-refractivity contribution is 5.96. The zero-order valence-electron chi connectivity index (χ0n) is 18.3. The van der Waals surface area contributed by atoms with E-state index in [2.05, 4.69) is 30.0 Å². The first-order valence-corrected chi connectivity index (χ1v) is 11.3. The van der Waals surface area contributed by atoms with Gasteiger partial charge in [-0.3, -0.25) is 4.79 Å². The van der Waals surface area contributed by atoms with Crippen LogP contribution in [0.5, 0.6) is 0 Å². The molecule has 0 bridgehead atoms. The Balaban J connectivity index is 1.33. The summed E-state index contributed by atoms with van der Waals surface area (Å²) in [5.41, 5.74) is 6.69. The second-order valence-corrected chi connectivity index (χ2v) is 9.09. The molecule has 0 N–H and O–H groups in total. The lowest BCUT2D eigenvalue weighted by Gasteiger charge is -2.27. The summed E-state index contributed by atoms with van der Waals surface area (Å²) >= 11 is 0. The molecule has 2 aromatic carbocycles. The number of aromatic nitrogens is 2. The van der Waals surface area contributed by atoms with Crippen molar-refractivity contribution in [3.63, 3.8) is 0 Å². The van der Waals surface area contributed by atoms with E-state index in [0.29, 0.717) is 32.3 Å². The molecule has 1 aromatic heterocycles. The highest BCUT2D eigenvalue weighted by Crippen LogP contribution is 2.57. The molecule has 6 nitrogen and oxygen atoms in total. The summed E-state index contributed by atoms with van der Waals surface area (Å²) in [6, 6.07) is 14.5. The lowest BCUT2D eigenvalue weighted by Crippen LogP contribution is -2.40. The maximum atomic E-state index is 13.1. The van der Waals surface area contributed by atoms with Gasteiger partial charge in [-0.1, -0.05) is 30.3 Å². The van der Waals surface area contributed by atoms with Crippen LogP contribution in [0.3, 0.4) is 0 Å². The van der Waals surface area contributed by atoms with Gasteiger partial charge < -0.3 is 14.5 Å². The molecule has 1 saturated carbocycles. The van der Waals surface area contributed by atoms with E-state index in [1.54, 1.807) is 0 Å². The van der Waals surface area contributed by atoms with Crippen LogP contribution >= 0.6 is 0 Å². The van der Waals surface area contributed by atoms with Crippen molar-refractivity contribution < 1.29 is 9.53 Å². The largest absolute Gasteiger partial charge is 0.378 e. The van der Waals surface area contributed by atoms with Crippen molar-refractivity contribution in [2.75, 3.05) is 37.7 Å². The number of morpholine rings is 1. The van der Waals surface area contributed by atoms with Crippen LogP contribution in [0.1, 0.15) is 34.3 Å². The van der Waals surface area contributed by atoms with Gasteiger partial charge in [0.2, 0.25) is 5.95 Å². The van der Waals surface area contributed by atoms with Gasteiger partial charge in [0.1, 0.15) is 0 Å². The number of benzene rings is 2. The third-order valence-corrected chi connectivity index (χ3v) is 7.06. The van der Waals surface area contributed by atoms with Crippen molar-refractivity contribution in [1.29, 1.82) is 0 Å². The molecule has 32 heavy (non-hydrogen) atoms. The molecule has 3 aromatic rings. The van der Waals surface area contributed by atoms with Crippen LogP contribution in [0.4, 0.5) is 11.6 Å². The first kappa shape index (κ1) is 19.4. The molecule has 3 heterocycles. The number of nitrogens with zero attached hydrogens (tertiary/aromatic N) is 4. The van der Waals surface area contributed by atoms with E-state index in [1.165, 1.54) is 24.0 Å². The van der Waals surface area contributed by atoms with Crippen LogP contribution < -0.4 is 4.90 Å². The molecule has 0 atom stereocenters. The molecule has 2 aliphatic heterocycles. The number of carbonyl (C=O) groups excluding carboxylic acids is 1. The number of hydrogen-bond acceptors (Lipinski definition) is 5. The SMILES string of the molecule is Cc1ccccc1-c1cnc(N2CC3(CC3)c3ccc(C(=O)N4CCOCC4)cc32)nc1. The molecule has 1 saturated heterocycles. The second kappa shape index (κ2) is 7.41. The minimum atomic E-state index is 0.0728. The minimum Gasteiger partial charge on any atom is -0.378 e. The van der Waals surface area contributed by atoms with Gasteiger partial charge in [-0.15, -0.1) is 0 Å². The Labute approximate surface area is 187 Å². The van der Waals surface area contributed by atoms with Gasteiger partial charge in [0.05, 0.1) is 13.2 Å². The molecule has 2 fully saturated rings. The van der Waals surface area contributed by atoms with Crippen LogP contribution in [0, 0.1) is 6.92 Å². The quantitative estimate of drug-likeness (QED) is 0.631. The van der Waals surface area contributed by atoms with E-state index >= 15 is 0 Å². The zero-order chi connectivity index (χ0) is 21.7. The lowest BCUT2D eigenvalue weighted by molar-refractivity contribution is 0.0303. The third kappa shape index (κ3) is 3.17. The number of rotatable bonds is 3. The molecule has 1 spiro atoms. The zero-order valence-corrected chi connectivity index (χ0v) is 18.3. The summed E-state index contributed by atoms with van der Waals surface area (Å²) in [6.45, 7) is 5.48. The van der Waals surface area contributed by atoms with Crippen molar-refractivity contribution in [3.05, 3.63) is 71.5 Å². The van der Waals surface area contributed by atoms with E-state index in [4.69, 9.17) is 14.7 Å². The normalized spacial score (nSPS) is 18.7. The first-order chi connectivity index (χ1) is 15.6. The topological polar surface area (TPSA) is 58.6 Å². The number of fused-ring (bicyclic) bond motifs is 2. The second-order valence-electron chi connectivity index (χ2n) is 9.09. The summed E-state index contributed by atoms with van der Waals surface area (Å²) in [6.07, 6.45) is 6.17.